The van der Waals surface area contributed by atoms with E-state index in [2.05, 4.69) is 17.1 Å². The molecule has 0 aromatic heterocycles. The Hall–Kier alpha value is -0.320. The van der Waals surface area contributed by atoms with Crippen LogP contribution in [0.15, 0.2) is 0 Å². The third-order valence-electron chi connectivity index (χ3n) is 2.54. The summed E-state index contributed by atoms with van der Waals surface area (Å²) in [7, 11) is 0. The van der Waals surface area contributed by atoms with E-state index in [1.54, 1.807) is 6.92 Å². The van der Waals surface area contributed by atoms with Crippen molar-refractivity contribution in [3.8, 4) is 0 Å². The number of alkyl halides is 1. The molecule has 88 valence electrons. The zero-order valence-electron chi connectivity index (χ0n) is 9.33. The van der Waals surface area contributed by atoms with Crippen LogP contribution >= 0.6 is 11.6 Å². The minimum Gasteiger partial charge on any atom is -0.374 e. The summed E-state index contributed by atoms with van der Waals surface area (Å²) < 4.78 is 5.54. The molecule has 1 rings (SSSR count). The molecule has 1 heterocycles. The first-order valence-electron chi connectivity index (χ1n) is 5.39. The van der Waals surface area contributed by atoms with E-state index in [1.165, 1.54) is 0 Å². The van der Waals surface area contributed by atoms with Crippen LogP contribution in [0.4, 0.5) is 0 Å². The molecule has 1 N–H and O–H groups in total. The predicted octanol–water partition coefficient (Wildman–Crippen LogP) is 0.451. The molecule has 1 fully saturated rings. The summed E-state index contributed by atoms with van der Waals surface area (Å²) in [6.07, 6.45) is 0.0954. The van der Waals surface area contributed by atoms with Crippen molar-refractivity contribution in [1.29, 1.82) is 0 Å². The average Bonchev–Trinajstić information content (AvgIpc) is 2.26. The fraction of sp³-hybridized carbons (Fsp3) is 0.900. The first kappa shape index (κ1) is 12.7. The molecule has 1 aliphatic heterocycles. The summed E-state index contributed by atoms with van der Waals surface area (Å²) in [6.45, 7) is 7.97. The highest BCUT2D eigenvalue weighted by atomic mass is 35.5. The molecular weight excluding hydrogens is 216 g/mol. The van der Waals surface area contributed by atoms with Crippen LogP contribution in [0.5, 0.6) is 0 Å². The molecule has 4 nitrogen and oxygen atoms in total. The number of hydrogen-bond acceptors (Lipinski definition) is 3. The van der Waals surface area contributed by atoms with Crippen LogP contribution in [0.25, 0.3) is 0 Å². The summed E-state index contributed by atoms with van der Waals surface area (Å²) in [6, 6.07) is 0. The molecule has 0 bridgehead atoms. The van der Waals surface area contributed by atoms with Gasteiger partial charge >= 0.3 is 0 Å². The molecular formula is C10H19ClN2O2. The van der Waals surface area contributed by atoms with Gasteiger partial charge in [0.15, 0.2) is 0 Å². The van der Waals surface area contributed by atoms with Crippen LogP contribution in [0.2, 0.25) is 0 Å². The van der Waals surface area contributed by atoms with Crippen LogP contribution in [0, 0.1) is 0 Å². The van der Waals surface area contributed by atoms with E-state index in [0.29, 0.717) is 6.54 Å². The third kappa shape index (κ3) is 4.36. The van der Waals surface area contributed by atoms with Gasteiger partial charge in [-0.1, -0.05) is 6.92 Å². The van der Waals surface area contributed by atoms with E-state index in [-0.39, 0.29) is 12.0 Å². The highest BCUT2D eigenvalue weighted by molar-refractivity contribution is 6.30. The Morgan fingerprint density at radius 3 is 3.07 bits per heavy atom. The molecule has 15 heavy (non-hydrogen) atoms. The molecule has 1 aliphatic rings. The fourth-order valence-corrected chi connectivity index (χ4v) is 1.62. The minimum absolute atomic E-state index is 0.0954. The smallest absolute Gasteiger partial charge is 0.237 e. The van der Waals surface area contributed by atoms with E-state index in [9.17, 15) is 4.79 Å². The Morgan fingerprint density at radius 1 is 1.73 bits per heavy atom. The topological polar surface area (TPSA) is 41.6 Å². The molecule has 2 atom stereocenters. The Morgan fingerprint density at radius 2 is 2.47 bits per heavy atom. The largest absolute Gasteiger partial charge is 0.374 e. The van der Waals surface area contributed by atoms with Crippen molar-refractivity contribution in [2.45, 2.75) is 25.3 Å². The number of hydrogen-bond donors (Lipinski definition) is 1. The predicted molar refractivity (Wildman–Crippen MR) is 60.2 cm³/mol. The van der Waals surface area contributed by atoms with Crippen molar-refractivity contribution in [2.75, 3.05) is 32.8 Å². The van der Waals surface area contributed by atoms with Crippen molar-refractivity contribution in [2.24, 2.45) is 0 Å². The minimum atomic E-state index is -0.476. The van der Waals surface area contributed by atoms with Crippen LogP contribution in [0.1, 0.15) is 13.8 Å². The number of rotatable bonds is 4. The van der Waals surface area contributed by atoms with Crippen LogP contribution in [-0.2, 0) is 9.53 Å². The molecule has 5 heteroatoms. The number of carbonyl (C=O) groups is 1. The first-order chi connectivity index (χ1) is 7.13. The number of halogens is 1. The van der Waals surface area contributed by atoms with Crippen molar-refractivity contribution in [1.82, 2.24) is 10.2 Å². The number of likely N-dealkylation sites (N-methyl/N-ethyl adjacent to an activating group) is 1. The van der Waals surface area contributed by atoms with Gasteiger partial charge in [-0.05, 0) is 13.5 Å². The van der Waals surface area contributed by atoms with Crippen LogP contribution in [-0.4, -0.2) is 55.1 Å². The number of carbonyl (C=O) groups excluding carboxylic acids is 1. The fourth-order valence-electron chi connectivity index (χ4n) is 1.55. The summed E-state index contributed by atoms with van der Waals surface area (Å²) in [5.41, 5.74) is 0. The van der Waals surface area contributed by atoms with E-state index < -0.39 is 5.38 Å². The zero-order chi connectivity index (χ0) is 11.3. The third-order valence-corrected chi connectivity index (χ3v) is 2.73. The van der Waals surface area contributed by atoms with Crippen molar-refractivity contribution < 1.29 is 9.53 Å². The lowest BCUT2D eigenvalue weighted by atomic mass is 10.2. The molecule has 0 saturated carbocycles. The summed E-state index contributed by atoms with van der Waals surface area (Å²) in [4.78, 5) is 13.5. The Kier molecular flexibility index (Phi) is 5.36. The second-order valence-corrected chi connectivity index (χ2v) is 4.40. The van der Waals surface area contributed by atoms with Crippen LogP contribution in [0.3, 0.4) is 0 Å². The van der Waals surface area contributed by atoms with Crippen molar-refractivity contribution in [3.63, 3.8) is 0 Å². The Bertz CT molecular complexity index is 212. The van der Waals surface area contributed by atoms with Gasteiger partial charge in [-0.3, -0.25) is 9.69 Å². The van der Waals surface area contributed by atoms with Crippen LogP contribution < -0.4 is 5.32 Å². The van der Waals surface area contributed by atoms with Crippen molar-refractivity contribution in [3.05, 3.63) is 0 Å². The second kappa shape index (κ2) is 6.30. The van der Waals surface area contributed by atoms with Gasteiger partial charge in [0.25, 0.3) is 0 Å². The maximum Gasteiger partial charge on any atom is 0.237 e. The van der Waals surface area contributed by atoms with E-state index >= 15 is 0 Å². The molecule has 1 amide bonds. The Balaban J connectivity index is 2.23. The van der Waals surface area contributed by atoms with Gasteiger partial charge in [-0.25, -0.2) is 0 Å². The SMILES string of the molecule is CCN1CCOC(CNC(=O)C(C)Cl)C1. The second-order valence-electron chi connectivity index (χ2n) is 3.75. The average molecular weight is 235 g/mol. The number of ether oxygens (including phenoxy) is 1. The standard InChI is InChI=1S/C10H19ClN2O2/c1-3-13-4-5-15-9(7-13)6-12-10(14)8(2)11/h8-9H,3-7H2,1-2H3,(H,12,14). The molecule has 0 radical (unpaired) electrons. The van der Waals surface area contributed by atoms with Gasteiger partial charge in [-0.15, -0.1) is 11.6 Å². The number of nitrogens with one attached hydrogen (secondary N) is 1. The van der Waals surface area contributed by atoms with E-state index in [1.807, 2.05) is 0 Å². The van der Waals surface area contributed by atoms with Gasteiger partial charge < -0.3 is 10.1 Å². The van der Waals surface area contributed by atoms with Gasteiger partial charge in [0.1, 0.15) is 5.38 Å². The maximum atomic E-state index is 11.2. The number of morpholine rings is 1. The lowest BCUT2D eigenvalue weighted by Crippen LogP contribution is -2.48. The lowest BCUT2D eigenvalue weighted by Gasteiger charge is -2.32. The summed E-state index contributed by atoms with van der Waals surface area (Å²) in [5, 5.41) is 2.30. The Labute approximate surface area is 95.9 Å². The normalized spacial score (nSPS) is 24.9. The lowest BCUT2D eigenvalue weighted by molar-refractivity contribution is -0.121. The molecule has 0 aromatic carbocycles. The zero-order valence-corrected chi connectivity index (χ0v) is 10.1. The van der Waals surface area contributed by atoms with Gasteiger partial charge in [-0.2, -0.15) is 0 Å². The van der Waals surface area contributed by atoms with Gasteiger partial charge in [0.05, 0.1) is 12.7 Å². The van der Waals surface area contributed by atoms with E-state index in [4.69, 9.17) is 16.3 Å². The highest BCUT2D eigenvalue weighted by Gasteiger charge is 2.20. The first-order valence-corrected chi connectivity index (χ1v) is 5.83. The van der Waals surface area contributed by atoms with Gasteiger partial charge in [0, 0.05) is 19.6 Å². The molecule has 2 unspecified atom stereocenters. The van der Waals surface area contributed by atoms with Crippen molar-refractivity contribution >= 4 is 17.5 Å². The molecule has 0 aromatic rings. The monoisotopic (exact) mass is 234 g/mol. The van der Waals surface area contributed by atoms with E-state index in [0.717, 1.165) is 26.2 Å². The molecule has 0 aliphatic carbocycles. The highest BCUT2D eigenvalue weighted by Crippen LogP contribution is 2.04. The maximum absolute atomic E-state index is 11.2. The number of amides is 1. The molecule has 1 saturated heterocycles. The number of nitrogens with zero attached hydrogens (tertiary/aromatic N) is 1. The summed E-state index contributed by atoms with van der Waals surface area (Å²) in [5.74, 6) is -0.131. The molecule has 0 spiro atoms. The summed E-state index contributed by atoms with van der Waals surface area (Å²) >= 11 is 5.64. The van der Waals surface area contributed by atoms with Gasteiger partial charge in [0.2, 0.25) is 5.91 Å². The quantitative estimate of drug-likeness (QED) is 0.719.